The van der Waals surface area contributed by atoms with Crippen LogP contribution in [0.3, 0.4) is 0 Å². The Morgan fingerprint density at radius 3 is 1.64 bits per heavy atom. The zero-order chi connectivity index (χ0) is 31.3. The van der Waals surface area contributed by atoms with E-state index in [4.69, 9.17) is 16.3 Å². The molecule has 0 N–H and O–H groups in total. The van der Waals surface area contributed by atoms with Gasteiger partial charge in [-0.3, -0.25) is 0 Å². The van der Waals surface area contributed by atoms with Crippen LogP contribution in [0.1, 0.15) is 44.5 Å². The number of para-hydroxylation sites is 1. The van der Waals surface area contributed by atoms with Crippen molar-refractivity contribution in [3.8, 4) is 33.8 Å². The van der Waals surface area contributed by atoms with Gasteiger partial charge in [0.25, 0.3) is 0 Å². The topological polar surface area (TPSA) is 9.23 Å². The Bertz CT molecular complexity index is 2330. The molecule has 0 atom stereocenters. The number of hydrogen-bond donors (Lipinski definition) is 0. The van der Waals surface area contributed by atoms with Gasteiger partial charge in [-0.25, -0.2) is 0 Å². The lowest BCUT2D eigenvalue weighted by Gasteiger charge is -2.41. The maximum atomic E-state index is 7.00. The molecular weight excluding hydrogens is 660 g/mol. The predicted octanol–water partition coefficient (Wildman–Crippen LogP) is 11.9. The van der Waals surface area contributed by atoms with Crippen molar-refractivity contribution in [3.05, 3.63) is 212 Å². The molecule has 10 rings (SSSR count). The second kappa shape index (κ2) is 9.81. The van der Waals surface area contributed by atoms with Crippen molar-refractivity contribution in [3.63, 3.8) is 0 Å². The Morgan fingerprint density at radius 1 is 0.426 bits per heavy atom. The highest BCUT2D eigenvalue weighted by atomic mass is 79.9. The van der Waals surface area contributed by atoms with Crippen LogP contribution in [0.25, 0.3) is 22.3 Å². The van der Waals surface area contributed by atoms with Gasteiger partial charge < -0.3 is 4.74 Å². The number of halogens is 2. The highest BCUT2D eigenvalue weighted by Crippen LogP contribution is 2.66. The van der Waals surface area contributed by atoms with Crippen LogP contribution < -0.4 is 4.74 Å². The van der Waals surface area contributed by atoms with Crippen LogP contribution in [0.2, 0.25) is 5.02 Å². The van der Waals surface area contributed by atoms with Gasteiger partial charge in [-0.2, -0.15) is 0 Å². The summed E-state index contributed by atoms with van der Waals surface area (Å²) in [5.74, 6) is 1.73. The molecule has 7 aromatic carbocycles. The molecule has 3 heteroatoms. The summed E-state index contributed by atoms with van der Waals surface area (Å²) in [6.07, 6.45) is 0. The second-order valence-corrected chi connectivity index (χ2v) is 13.9. The van der Waals surface area contributed by atoms with E-state index in [1.165, 1.54) is 50.1 Å². The summed E-state index contributed by atoms with van der Waals surface area (Å²) in [5.41, 5.74) is 13.3. The van der Waals surface area contributed by atoms with Gasteiger partial charge in [-0.1, -0.05) is 139 Å². The fourth-order valence-corrected chi connectivity index (χ4v) is 9.46. The first-order valence-corrected chi connectivity index (χ1v) is 17.1. The summed E-state index contributed by atoms with van der Waals surface area (Å²) >= 11 is 10.7. The average Bonchev–Trinajstić information content (AvgIpc) is 3.57. The Kier molecular flexibility index (Phi) is 5.69. The van der Waals surface area contributed by atoms with Crippen LogP contribution in [0.4, 0.5) is 0 Å². The maximum Gasteiger partial charge on any atom is 0.146 e. The van der Waals surface area contributed by atoms with E-state index in [-0.39, 0.29) is 0 Å². The molecule has 0 amide bonds. The Hall–Kier alpha value is -4.89. The van der Waals surface area contributed by atoms with Crippen molar-refractivity contribution in [2.24, 2.45) is 0 Å². The van der Waals surface area contributed by atoms with Gasteiger partial charge in [0.05, 0.1) is 15.3 Å². The van der Waals surface area contributed by atoms with E-state index in [1.54, 1.807) is 0 Å². The summed E-state index contributed by atoms with van der Waals surface area (Å²) in [5, 5.41) is 0.722. The molecule has 0 fully saturated rings. The summed E-state index contributed by atoms with van der Waals surface area (Å²) in [7, 11) is 0. The summed E-state index contributed by atoms with van der Waals surface area (Å²) in [6, 6.07) is 57.1. The molecule has 0 saturated carbocycles. The Labute approximate surface area is 287 Å². The number of hydrogen-bond acceptors (Lipinski definition) is 1. The monoisotopic (exact) mass is 684 g/mol. The van der Waals surface area contributed by atoms with Crippen molar-refractivity contribution >= 4 is 27.5 Å². The second-order valence-electron chi connectivity index (χ2n) is 12.6. The molecule has 0 unspecified atom stereocenters. The van der Waals surface area contributed by atoms with Crippen LogP contribution in [-0.2, 0) is 10.8 Å². The highest BCUT2D eigenvalue weighted by Gasteiger charge is 2.54. The third-order valence-electron chi connectivity index (χ3n) is 10.6. The first-order valence-electron chi connectivity index (χ1n) is 15.9. The number of fused-ring (bicyclic) bond motifs is 12. The van der Waals surface area contributed by atoms with E-state index < -0.39 is 10.8 Å². The molecule has 1 spiro atoms. The predicted molar refractivity (Wildman–Crippen MR) is 194 cm³/mol. The molecule has 0 saturated heterocycles. The minimum absolute atomic E-state index is 0.583. The normalized spacial score (nSPS) is 15.1. The van der Waals surface area contributed by atoms with Gasteiger partial charge in [0.15, 0.2) is 0 Å². The standard InChI is InChI=1S/C44H26BrClO/c45-40-21-11-20-36-42(40)47-41-25-33-32-23-22-29(46)24-37(32)43(27-12-3-1-4-13-27,28-14-5-2-6-15-28)38(33)26-39(41)44(36)34-18-9-7-16-30(34)31-17-8-10-19-35(31)44/h1-26H. The van der Waals surface area contributed by atoms with Gasteiger partial charge in [0, 0.05) is 16.1 Å². The molecule has 1 heterocycles. The van der Waals surface area contributed by atoms with Gasteiger partial charge in [-0.15, -0.1) is 0 Å². The molecule has 3 aliphatic rings. The molecular formula is C44H26BrClO. The number of rotatable bonds is 2. The quantitative estimate of drug-likeness (QED) is 0.176. The largest absolute Gasteiger partial charge is 0.455 e. The lowest BCUT2D eigenvalue weighted by atomic mass is 9.63. The SMILES string of the molecule is Clc1ccc2c(c1)C(c1ccccc1)(c1ccccc1)c1cc3c(cc1-2)Oc1c(Br)cccc1C31c2ccccc2-c2ccccc21. The third-order valence-corrected chi connectivity index (χ3v) is 11.4. The molecule has 1 aliphatic heterocycles. The molecule has 0 radical (unpaired) electrons. The minimum atomic E-state index is -0.594. The molecule has 7 aromatic rings. The van der Waals surface area contributed by atoms with Gasteiger partial charge >= 0.3 is 0 Å². The van der Waals surface area contributed by atoms with Crippen molar-refractivity contribution in [2.75, 3.05) is 0 Å². The van der Waals surface area contributed by atoms with Crippen LogP contribution in [0.15, 0.2) is 162 Å². The Morgan fingerprint density at radius 2 is 0.979 bits per heavy atom. The number of benzene rings is 7. The molecule has 0 aromatic heterocycles. The highest BCUT2D eigenvalue weighted by molar-refractivity contribution is 9.10. The first kappa shape index (κ1) is 27.2. The van der Waals surface area contributed by atoms with Crippen molar-refractivity contribution in [2.45, 2.75) is 10.8 Å². The molecule has 0 bridgehead atoms. The van der Waals surface area contributed by atoms with Gasteiger partial charge in [-0.05, 0) is 102 Å². The fourth-order valence-electron chi connectivity index (χ4n) is 8.84. The van der Waals surface area contributed by atoms with Gasteiger partial charge in [0.2, 0.25) is 0 Å². The lowest BCUT2D eigenvalue weighted by Crippen LogP contribution is -2.34. The van der Waals surface area contributed by atoms with Crippen molar-refractivity contribution in [1.82, 2.24) is 0 Å². The fraction of sp³-hybridized carbons (Fsp3) is 0.0455. The smallest absolute Gasteiger partial charge is 0.146 e. The summed E-state index contributed by atoms with van der Waals surface area (Å²) in [6.45, 7) is 0. The van der Waals surface area contributed by atoms with E-state index in [1.807, 2.05) is 6.07 Å². The zero-order valence-corrected chi connectivity index (χ0v) is 27.5. The van der Waals surface area contributed by atoms with E-state index >= 15 is 0 Å². The van der Waals surface area contributed by atoms with Crippen LogP contribution in [0, 0.1) is 0 Å². The third kappa shape index (κ3) is 3.39. The summed E-state index contributed by atoms with van der Waals surface area (Å²) < 4.78 is 7.94. The molecule has 1 nitrogen and oxygen atoms in total. The molecule has 47 heavy (non-hydrogen) atoms. The van der Waals surface area contributed by atoms with Crippen LogP contribution in [-0.4, -0.2) is 0 Å². The molecule has 2 aliphatic carbocycles. The minimum Gasteiger partial charge on any atom is -0.455 e. The van der Waals surface area contributed by atoms with Crippen molar-refractivity contribution in [1.29, 1.82) is 0 Å². The Balaban J connectivity index is 1.40. The summed E-state index contributed by atoms with van der Waals surface area (Å²) in [4.78, 5) is 0. The van der Waals surface area contributed by atoms with E-state index in [9.17, 15) is 0 Å². The van der Waals surface area contributed by atoms with Gasteiger partial charge in [0.1, 0.15) is 11.5 Å². The first-order chi connectivity index (χ1) is 23.1. The number of ether oxygens (including phenoxy) is 1. The molecule has 222 valence electrons. The lowest BCUT2D eigenvalue weighted by molar-refractivity contribution is 0.433. The van der Waals surface area contributed by atoms with E-state index in [0.717, 1.165) is 37.7 Å². The van der Waals surface area contributed by atoms with Crippen LogP contribution in [0.5, 0.6) is 11.5 Å². The van der Waals surface area contributed by atoms with E-state index in [2.05, 4.69) is 168 Å². The average molecular weight is 686 g/mol. The van der Waals surface area contributed by atoms with Crippen molar-refractivity contribution < 1.29 is 4.74 Å². The zero-order valence-electron chi connectivity index (χ0n) is 25.2. The van der Waals surface area contributed by atoms with E-state index in [0.29, 0.717) is 0 Å². The maximum absolute atomic E-state index is 7.00. The van der Waals surface area contributed by atoms with Crippen LogP contribution >= 0.6 is 27.5 Å².